The number of amides is 1. The van der Waals surface area contributed by atoms with Crippen LogP contribution < -0.4 is 9.80 Å². The van der Waals surface area contributed by atoms with Crippen LogP contribution in [0.25, 0.3) is 10.4 Å². The van der Waals surface area contributed by atoms with Crippen LogP contribution >= 0.6 is 0 Å². The van der Waals surface area contributed by atoms with Crippen molar-refractivity contribution in [1.82, 2.24) is 0 Å². The van der Waals surface area contributed by atoms with E-state index in [2.05, 4.69) is 10.0 Å². The van der Waals surface area contributed by atoms with Gasteiger partial charge in [-0.3, -0.25) is 4.90 Å². The maximum Gasteiger partial charge on any atom is 0.414 e. The number of ether oxygens (including phenoxy) is 3. The second-order valence-electron chi connectivity index (χ2n) is 6.43. The van der Waals surface area contributed by atoms with Gasteiger partial charge in [-0.1, -0.05) is 5.11 Å². The number of azide groups is 1. The summed E-state index contributed by atoms with van der Waals surface area (Å²) in [7, 11) is 2.90. The highest BCUT2D eigenvalue weighted by atomic mass is 19.1. The SMILES string of the molecule is COC1(OC)CCN(c2ccc(N3C[C@H](CN=[N+]=[N-])OC3=O)cc2)CC1F. The standard InChI is InChI=1S/C17H22FN5O4/c1-25-17(26-2)7-8-22(11-15(17)18)12-3-5-13(6-4-12)23-10-14(9-20-21-19)27-16(23)24/h3-6,14-15H,7-11H2,1-2H3/t14-,15?/m0/s1. The first-order chi connectivity index (χ1) is 13.0. The smallest absolute Gasteiger partial charge is 0.414 e. The van der Waals surface area contributed by atoms with Crippen molar-refractivity contribution in [2.45, 2.75) is 24.5 Å². The van der Waals surface area contributed by atoms with Gasteiger partial charge >= 0.3 is 6.09 Å². The second-order valence-corrected chi connectivity index (χ2v) is 6.43. The van der Waals surface area contributed by atoms with Gasteiger partial charge < -0.3 is 19.1 Å². The molecule has 2 aliphatic rings. The first-order valence-electron chi connectivity index (χ1n) is 8.61. The highest BCUT2D eigenvalue weighted by Crippen LogP contribution is 2.33. The van der Waals surface area contributed by atoms with Crippen molar-refractivity contribution < 1.29 is 23.4 Å². The van der Waals surface area contributed by atoms with Crippen molar-refractivity contribution in [3.8, 4) is 0 Å². The highest BCUT2D eigenvalue weighted by Gasteiger charge is 2.44. The molecule has 9 nitrogen and oxygen atoms in total. The van der Waals surface area contributed by atoms with Gasteiger partial charge in [0.25, 0.3) is 0 Å². The molecule has 3 rings (SSSR count). The van der Waals surface area contributed by atoms with E-state index in [0.29, 0.717) is 25.2 Å². The number of carbonyl (C=O) groups excluding carboxylic acids is 1. The molecule has 2 fully saturated rings. The normalized spacial score (nSPS) is 24.5. The lowest BCUT2D eigenvalue weighted by Crippen LogP contribution is -2.55. The molecule has 2 heterocycles. The minimum atomic E-state index is -1.28. The van der Waals surface area contributed by atoms with Gasteiger partial charge in [-0.05, 0) is 29.8 Å². The molecule has 10 heteroatoms. The lowest BCUT2D eigenvalue weighted by atomic mass is 10.0. The number of cyclic esters (lactones) is 1. The Morgan fingerprint density at radius 1 is 1.30 bits per heavy atom. The fraction of sp³-hybridized carbons (Fsp3) is 0.588. The van der Waals surface area contributed by atoms with Crippen LogP contribution in [0.5, 0.6) is 0 Å². The van der Waals surface area contributed by atoms with Crippen molar-refractivity contribution in [2.24, 2.45) is 5.11 Å². The topological polar surface area (TPSA) is 100 Å². The van der Waals surface area contributed by atoms with Gasteiger partial charge in [0.05, 0.1) is 19.6 Å². The summed E-state index contributed by atoms with van der Waals surface area (Å²) in [5, 5.41) is 3.44. The number of nitrogens with zero attached hydrogens (tertiary/aromatic N) is 5. The molecule has 0 aromatic heterocycles. The fourth-order valence-corrected chi connectivity index (χ4v) is 3.45. The molecule has 0 spiro atoms. The Hall–Kier alpha value is -2.55. The summed E-state index contributed by atoms with van der Waals surface area (Å²) in [6.45, 7) is 1.16. The van der Waals surface area contributed by atoms with E-state index in [4.69, 9.17) is 19.7 Å². The zero-order chi connectivity index (χ0) is 19.4. The number of methoxy groups -OCH3 is 2. The molecule has 2 saturated heterocycles. The summed E-state index contributed by atoms with van der Waals surface area (Å²) in [5.74, 6) is -1.20. The minimum Gasteiger partial charge on any atom is -0.444 e. The van der Waals surface area contributed by atoms with E-state index in [1.807, 2.05) is 17.0 Å². The summed E-state index contributed by atoms with van der Waals surface area (Å²) in [4.78, 5) is 18.1. The van der Waals surface area contributed by atoms with Gasteiger partial charge in [0.1, 0.15) is 6.10 Å². The number of piperidine rings is 1. The second kappa shape index (κ2) is 7.99. The third-order valence-electron chi connectivity index (χ3n) is 5.03. The third kappa shape index (κ3) is 3.78. The number of anilines is 2. The Bertz CT molecular complexity index is 721. The monoisotopic (exact) mass is 379 g/mol. The summed E-state index contributed by atoms with van der Waals surface area (Å²) in [6, 6.07) is 7.24. The van der Waals surface area contributed by atoms with Crippen LogP contribution in [0.4, 0.5) is 20.6 Å². The zero-order valence-electron chi connectivity index (χ0n) is 15.2. The largest absolute Gasteiger partial charge is 0.444 e. The average molecular weight is 379 g/mol. The van der Waals surface area contributed by atoms with Gasteiger partial charge in [0.2, 0.25) is 5.79 Å². The van der Waals surface area contributed by atoms with Gasteiger partial charge in [0, 0.05) is 43.5 Å². The maximum atomic E-state index is 14.6. The Kier molecular flexibility index (Phi) is 5.69. The summed E-state index contributed by atoms with van der Waals surface area (Å²) in [6.07, 6.45) is -1.81. The Morgan fingerprint density at radius 3 is 2.56 bits per heavy atom. The number of carbonyl (C=O) groups is 1. The molecule has 0 bridgehead atoms. The van der Waals surface area contributed by atoms with Crippen molar-refractivity contribution in [2.75, 3.05) is 50.2 Å². The molecule has 1 aromatic carbocycles. The van der Waals surface area contributed by atoms with E-state index in [-0.39, 0.29) is 13.1 Å². The number of hydrogen-bond acceptors (Lipinski definition) is 6. The number of alkyl halides is 1. The molecular formula is C17H22FN5O4. The van der Waals surface area contributed by atoms with Crippen LogP contribution in [0.15, 0.2) is 29.4 Å². The highest BCUT2D eigenvalue weighted by molar-refractivity contribution is 5.90. The summed E-state index contributed by atoms with van der Waals surface area (Å²) in [5.41, 5.74) is 9.89. The van der Waals surface area contributed by atoms with Crippen LogP contribution in [-0.2, 0) is 14.2 Å². The van der Waals surface area contributed by atoms with Crippen LogP contribution in [0, 0.1) is 0 Å². The molecule has 1 unspecified atom stereocenters. The van der Waals surface area contributed by atoms with Crippen molar-refractivity contribution in [3.05, 3.63) is 34.7 Å². The molecule has 1 amide bonds. The molecule has 2 aliphatic heterocycles. The van der Waals surface area contributed by atoms with E-state index in [0.717, 1.165) is 5.69 Å². The molecule has 0 aliphatic carbocycles. The molecule has 1 aromatic rings. The lowest BCUT2D eigenvalue weighted by Gasteiger charge is -2.42. The molecule has 2 atom stereocenters. The number of hydrogen-bond donors (Lipinski definition) is 0. The number of halogens is 1. The molecule has 0 radical (unpaired) electrons. The van der Waals surface area contributed by atoms with Crippen LogP contribution in [-0.4, -0.2) is 64.6 Å². The first-order valence-corrected chi connectivity index (χ1v) is 8.61. The van der Waals surface area contributed by atoms with E-state index in [1.165, 1.54) is 19.1 Å². The van der Waals surface area contributed by atoms with Crippen molar-refractivity contribution >= 4 is 17.5 Å². The van der Waals surface area contributed by atoms with Gasteiger partial charge in [-0.25, -0.2) is 9.18 Å². The Balaban J connectivity index is 1.66. The van der Waals surface area contributed by atoms with E-state index in [1.54, 1.807) is 12.1 Å². The zero-order valence-corrected chi connectivity index (χ0v) is 15.2. The fourth-order valence-electron chi connectivity index (χ4n) is 3.45. The van der Waals surface area contributed by atoms with Gasteiger partial charge in [0.15, 0.2) is 6.17 Å². The molecule has 27 heavy (non-hydrogen) atoms. The lowest BCUT2D eigenvalue weighted by molar-refractivity contribution is -0.249. The molecule has 0 saturated carbocycles. The van der Waals surface area contributed by atoms with Gasteiger partial charge in [-0.15, -0.1) is 0 Å². The van der Waals surface area contributed by atoms with Crippen LogP contribution in [0.2, 0.25) is 0 Å². The van der Waals surface area contributed by atoms with Crippen molar-refractivity contribution in [1.29, 1.82) is 0 Å². The van der Waals surface area contributed by atoms with Crippen LogP contribution in [0.1, 0.15) is 6.42 Å². The Morgan fingerprint density at radius 2 is 1.96 bits per heavy atom. The summed E-state index contributed by atoms with van der Waals surface area (Å²) >= 11 is 0. The van der Waals surface area contributed by atoms with E-state index < -0.39 is 24.2 Å². The third-order valence-corrected chi connectivity index (χ3v) is 5.03. The molecular weight excluding hydrogens is 357 g/mol. The van der Waals surface area contributed by atoms with E-state index in [9.17, 15) is 9.18 Å². The number of rotatable bonds is 6. The molecule has 146 valence electrons. The summed E-state index contributed by atoms with van der Waals surface area (Å²) < 4.78 is 30.2. The average Bonchev–Trinajstić information content (AvgIpc) is 3.07. The molecule has 0 N–H and O–H groups in total. The van der Waals surface area contributed by atoms with Crippen LogP contribution in [0.3, 0.4) is 0 Å². The van der Waals surface area contributed by atoms with Crippen molar-refractivity contribution in [3.63, 3.8) is 0 Å². The predicted molar refractivity (Wildman–Crippen MR) is 96.5 cm³/mol. The van der Waals surface area contributed by atoms with E-state index >= 15 is 0 Å². The minimum absolute atomic E-state index is 0.100. The quantitative estimate of drug-likeness (QED) is 0.327. The van der Waals surface area contributed by atoms with Gasteiger partial charge in [-0.2, -0.15) is 0 Å². The maximum absolute atomic E-state index is 14.6. The first kappa shape index (κ1) is 19.2. The predicted octanol–water partition coefficient (Wildman–Crippen LogP) is 2.86. The number of benzene rings is 1. The Labute approximate surface area is 156 Å².